The molecule has 0 aliphatic carbocycles. The molecule has 0 radical (unpaired) electrons. The van der Waals surface area contributed by atoms with Crippen molar-refractivity contribution in [2.24, 2.45) is 0 Å². The fraction of sp³-hybridized carbons (Fsp3) is 0.487. The summed E-state index contributed by atoms with van der Waals surface area (Å²) in [4.78, 5) is 54.6. The highest BCUT2D eigenvalue weighted by molar-refractivity contribution is 7.89. The number of likely N-dealkylation sites (N-methyl/N-ethyl adjacent to an activating group) is 1. The van der Waals surface area contributed by atoms with Crippen molar-refractivity contribution in [1.82, 2.24) is 19.4 Å². The number of amides is 3. The summed E-state index contributed by atoms with van der Waals surface area (Å²) < 4.78 is 44.5. The Labute approximate surface area is 323 Å². The molecule has 0 atom stereocenters. The molecule has 16 heteroatoms. The summed E-state index contributed by atoms with van der Waals surface area (Å²) in [5.74, 6) is 4.59. The third-order valence-corrected chi connectivity index (χ3v) is 10.0. The Bertz CT molecular complexity index is 1930. The number of esters is 1. The Morgan fingerprint density at radius 3 is 2.38 bits per heavy atom. The Kier molecular flexibility index (Phi) is 14.5. The molecule has 2 aliphatic rings. The van der Waals surface area contributed by atoms with Crippen LogP contribution in [-0.2, 0) is 38.6 Å². The lowest BCUT2D eigenvalue weighted by molar-refractivity contribution is -0.155. The van der Waals surface area contributed by atoms with E-state index in [9.17, 15) is 27.6 Å². The van der Waals surface area contributed by atoms with E-state index in [1.807, 2.05) is 0 Å². The third kappa shape index (κ3) is 13.1. The van der Waals surface area contributed by atoms with Gasteiger partial charge in [-0.1, -0.05) is 24.0 Å². The molecule has 4 rings (SSSR count). The molecular weight excluding hydrogens is 729 g/mol. The van der Waals surface area contributed by atoms with Gasteiger partial charge < -0.3 is 35.1 Å². The van der Waals surface area contributed by atoms with Crippen LogP contribution in [-0.4, -0.2) is 124 Å². The van der Waals surface area contributed by atoms with Crippen LogP contribution in [0.2, 0.25) is 0 Å². The van der Waals surface area contributed by atoms with E-state index in [2.05, 4.69) is 32.7 Å². The number of fused-ring (bicyclic) bond motifs is 1. The number of ether oxygens (including phenoxy) is 3. The van der Waals surface area contributed by atoms with Gasteiger partial charge in [-0.25, -0.2) is 13.2 Å². The van der Waals surface area contributed by atoms with Crippen LogP contribution in [0.15, 0.2) is 53.6 Å². The number of hydrogen-bond donors (Lipinski definition) is 3. The van der Waals surface area contributed by atoms with Gasteiger partial charge in [0.05, 0.1) is 48.9 Å². The summed E-state index contributed by atoms with van der Waals surface area (Å²) in [7, 11) is -2.82. The fourth-order valence-electron chi connectivity index (χ4n) is 5.59. The van der Waals surface area contributed by atoms with E-state index in [1.54, 1.807) is 71.9 Å². The molecule has 0 aromatic heterocycles. The summed E-state index contributed by atoms with van der Waals surface area (Å²) in [6, 6.07) is 11.3. The van der Waals surface area contributed by atoms with Crippen molar-refractivity contribution in [3.05, 3.63) is 59.8 Å². The summed E-state index contributed by atoms with van der Waals surface area (Å²) >= 11 is 0. The largest absolute Gasteiger partial charge is 0.460 e. The second kappa shape index (κ2) is 18.6. The molecule has 2 aromatic rings. The smallest absolute Gasteiger partial charge is 0.408 e. The monoisotopic (exact) mass is 780 g/mol. The first kappa shape index (κ1) is 42.8. The molecule has 0 unspecified atom stereocenters. The van der Waals surface area contributed by atoms with Crippen LogP contribution in [0.3, 0.4) is 0 Å². The number of benzene rings is 2. The summed E-state index contributed by atoms with van der Waals surface area (Å²) in [5.41, 5.74) is 0.982. The molecule has 3 N–H and O–H groups in total. The normalized spacial score (nSPS) is 15.4. The average molecular weight is 781 g/mol. The average Bonchev–Trinajstić information content (AvgIpc) is 3.43. The van der Waals surface area contributed by atoms with Crippen molar-refractivity contribution in [3.63, 3.8) is 0 Å². The molecule has 298 valence electrons. The van der Waals surface area contributed by atoms with Gasteiger partial charge in [0, 0.05) is 62.8 Å². The highest BCUT2D eigenvalue weighted by atomic mass is 32.2. The predicted molar refractivity (Wildman–Crippen MR) is 208 cm³/mol. The number of nitrogens with one attached hydrogen (secondary N) is 3. The Morgan fingerprint density at radius 2 is 1.69 bits per heavy atom. The minimum Gasteiger partial charge on any atom is -0.460 e. The van der Waals surface area contributed by atoms with E-state index in [4.69, 9.17) is 14.2 Å². The van der Waals surface area contributed by atoms with Crippen LogP contribution >= 0.6 is 0 Å². The minimum absolute atomic E-state index is 0.0249. The van der Waals surface area contributed by atoms with Crippen molar-refractivity contribution in [1.29, 1.82) is 0 Å². The fourth-order valence-corrected chi connectivity index (χ4v) is 6.75. The van der Waals surface area contributed by atoms with Gasteiger partial charge in [-0.2, -0.15) is 4.31 Å². The minimum atomic E-state index is -4.14. The van der Waals surface area contributed by atoms with Crippen molar-refractivity contribution in [2.75, 3.05) is 76.7 Å². The number of anilines is 2. The topological polar surface area (TPSA) is 176 Å². The number of carbonyl (C=O) groups excluding carboxylic acids is 4. The molecule has 15 nitrogen and oxygen atoms in total. The molecule has 2 aliphatic heterocycles. The highest BCUT2D eigenvalue weighted by Crippen LogP contribution is 2.34. The molecule has 55 heavy (non-hydrogen) atoms. The quantitative estimate of drug-likeness (QED) is 0.154. The van der Waals surface area contributed by atoms with E-state index in [1.165, 1.54) is 30.3 Å². The number of alkyl carbamates (subject to hydrolysis) is 1. The molecule has 0 bridgehead atoms. The molecule has 3 amide bonds. The van der Waals surface area contributed by atoms with Gasteiger partial charge in [-0.05, 0) is 71.9 Å². The van der Waals surface area contributed by atoms with Crippen molar-refractivity contribution < 1.29 is 41.8 Å². The van der Waals surface area contributed by atoms with Crippen molar-refractivity contribution in [2.45, 2.75) is 64.1 Å². The van der Waals surface area contributed by atoms with Gasteiger partial charge >= 0.3 is 12.1 Å². The van der Waals surface area contributed by atoms with Crippen LogP contribution in [0.25, 0.3) is 5.57 Å². The number of rotatable bonds is 13. The number of nitrogens with zero attached hydrogens (tertiary/aromatic N) is 3. The van der Waals surface area contributed by atoms with E-state index < -0.39 is 45.7 Å². The van der Waals surface area contributed by atoms with Gasteiger partial charge in [0.1, 0.15) is 11.2 Å². The summed E-state index contributed by atoms with van der Waals surface area (Å²) in [6.07, 6.45) is 0.843. The van der Waals surface area contributed by atoms with Gasteiger partial charge in [0.2, 0.25) is 15.9 Å². The van der Waals surface area contributed by atoms with Crippen LogP contribution in [0.5, 0.6) is 0 Å². The van der Waals surface area contributed by atoms with Crippen LogP contribution in [0, 0.1) is 11.8 Å². The van der Waals surface area contributed by atoms with E-state index in [0.29, 0.717) is 61.9 Å². The number of sulfonamides is 1. The number of carbonyl (C=O) groups is 4. The lowest BCUT2D eigenvalue weighted by atomic mass is 10.0. The molecule has 0 spiro atoms. The second-order valence-corrected chi connectivity index (χ2v) is 17.0. The van der Waals surface area contributed by atoms with Gasteiger partial charge in [-0.3, -0.25) is 19.3 Å². The number of morpholine rings is 1. The maximum absolute atomic E-state index is 13.7. The van der Waals surface area contributed by atoms with Crippen molar-refractivity contribution >= 4 is 50.8 Å². The number of hydrogen-bond acceptors (Lipinski definition) is 11. The zero-order valence-electron chi connectivity index (χ0n) is 32.6. The van der Waals surface area contributed by atoms with Gasteiger partial charge in [0.15, 0.2) is 0 Å². The molecule has 2 aromatic carbocycles. The Hall–Kier alpha value is -4.95. The zero-order chi connectivity index (χ0) is 40.4. The molecule has 1 saturated heterocycles. The molecular formula is C39H52N6O9S. The van der Waals surface area contributed by atoms with Crippen LogP contribution in [0.4, 0.5) is 16.2 Å². The highest BCUT2D eigenvalue weighted by Gasteiger charge is 2.29. The van der Waals surface area contributed by atoms with Crippen molar-refractivity contribution in [3.8, 4) is 11.8 Å². The van der Waals surface area contributed by atoms with E-state index in [-0.39, 0.29) is 35.9 Å². The standard InChI is InChI=1S/C39H52N6O9S/c1-38(2,3)53-34(47)16-18-45(20-19-44-21-23-52-24-22-44)33(46)27-43(7)55(50,51)30-14-9-13-29(25-30)41-26-31-35-28(11-8-15-32(35)42-36(31)48)12-10-17-40-37(49)54-39(4,5)6/h8-9,11,13-15,25-26,41H,16-24,27H2,1-7H3,(H,40,49)(H,42,48)/b31-26-. The maximum atomic E-state index is 13.7. The first-order valence-corrected chi connectivity index (χ1v) is 19.5. The lowest BCUT2D eigenvalue weighted by Gasteiger charge is -2.31. The maximum Gasteiger partial charge on any atom is 0.408 e. The SMILES string of the molecule is CN(CC(=O)N(CCC(=O)OC(C)(C)C)CCN1CCOCC1)S(=O)(=O)c1cccc(N/C=C2\C(=O)Nc3cccc(C#CCNC(=O)OC(C)(C)C)c32)c1. The van der Waals surface area contributed by atoms with Gasteiger partial charge in [-0.15, -0.1) is 0 Å². The predicted octanol–water partition coefficient (Wildman–Crippen LogP) is 3.48. The first-order chi connectivity index (χ1) is 25.8. The second-order valence-electron chi connectivity index (χ2n) is 15.0. The van der Waals surface area contributed by atoms with E-state index >= 15 is 0 Å². The van der Waals surface area contributed by atoms with Crippen LogP contribution < -0.4 is 16.0 Å². The first-order valence-electron chi connectivity index (χ1n) is 18.1. The lowest BCUT2D eigenvalue weighted by Crippen LogP contribution is -2.46. The Balaban J connectivity index is 1.45. The van der Waals surface area contributed by atoms with E-state index in [0.717, 1.165) is 4.31 Å². The molecule has 0 saturated carbocycles. The zero-order valence-corrected chi connectivity index (χ0v) is 33.4. The van der Waals surface area contributed by atoms with Crippen LogP contribution in [0.1, 0.15) is 59.1 Å². The van der Waals surface area contributed by atoms with Gasteiger partial charge in [0.25, 0.3) is 5.91 Å². The summed E-state index contributed by atoms with van der Waals surface area (Å²) in [5, 5.41) is 8.42. The summed E-state index contributed by atoms with van der Waals surface area (Å²) in [6.45, 7) is 13.7. The molecule has 1 fully saturated rings. The Morgan fingerprint density at radius 1 is 1.00 bits per heavy atom. The third-order valence-electron chi connectivity index (χ3n) is 8.20. The molecule has 2 heterocycles.